The fourth-order valence-corrected chi connectivity index (χ4v) is 3.96. The molecular weight excluding hydrogens is 334 g/mol. The van der Waals surface area contributed by atoms with Gasteiger partial charge >= 0.3 is 0 Å². The zero-order chi connectivity index (χ0) is 15.4. The molecule has 0 radical (unpaired) electrons. The zero-order valence-electron chi connectivity index (χ0n) is 12.2. The summed E-state index contributed by atoms with van der Waals surface area (Å²) in [6.07, 6.45) is 2.30. The predicted octanol–water partition coefficient (Wildman–Crippen LogP) is 4.83. The van der Waals surface area contributed by atoms with E-state index in [-0.39, 0.29) is 5.91 Å². The third kappa shape index (κ3) is 4.51. The molecule has 0 unspecified atom stereocenters. The van der Waals surface area contributed by atoms with E-state index in [2.05, 4.69) is 21.7 Å². The molecule has 1 aromatic carbocycles. The van der Waals surface area contributed by atoms with Crippen molar-refractivity contribution in [2.24, 2.45) is 0 Å². The zero-order valence-corrected chi connectivity index (χ0v) is 14.6. The van der Waals surface area contributed by atoms with E-state index in [1.165, 1.54) is 11.1 Å². The van der Waals surface area contributed by atoms with Gasteiger partial charge in [-0.15, -0.1) is 11.8 Å². The predicted molar refractivity (Wildman–Crippen MR) is 95.5 cm³/mol. The fraction of sp³-hybridized carbons (Fsp3) is 0.353. The average molecular weight is 352 g/mol. The van der Waals surface area contributed by atoms with Crippen LogP contribution in [0.3, 0.4) is 0 Å². The van der Waals surface area contributed by atoms with Crippen molar-refractivity contribution in [3.8, 4) is 0 Å². The van der Waals surface area contributed by atoms with Gasteiger partial charge in [0.2, 0.25) is 5.91 Å². The molecule has 5 heteroatoms. The Morgan fingerprint density at radius 1 is 1.23 bits per heavy atom. The molecule has 0 bridgehead atoms. The van der Waals surface area contributed by atoms with Gasteiger partial charge in [-0.3, -0.25) is 4.79 Å². The Morgan fingerprint density at radius 3 is 2.64 bits per heavy atom. The van der Waals surface area contributed by atoms with Gasteiger partial charge in [0.1, 0.15) is 0 Å². The van der Waals surface area contributed by atoms with Crippen LogP contribution in [-0.4, -0.2) is 22.6 Å². The van der Waals surface area contributed by atoms with E-state index in [1.54, 1.807) is 23.1 Å². The van der Waals surface area contributed by atoms with Crippen LogP contribution in [0.25, 0.3) is 0 Å². The van der Waals surface area contributed by atoms with Crippen LogP contribution in [-0.2, 0) is 17.1 Å². The first-order valence-electron chi connectivity index (χ1n) is 7.35. The Hall–Kier alpha value is -0.970. The molecule has 1 aliphatic carbocycles. The molecule has 1 saturated carbocycles. The van der Waals surface area contributed by atoms with Crippen LogP contribution in [0.5, 0.6) is 0 Å². The largest absolute Gasteiger partial charge is 0.335 e. The van der Waals surface area contributed by atoms with E-state index in [1.807, 2.05) is 24.3 Å². The number of carbonyl (C=O) groups excluding carboxylic acids is 1. The maximum absolute atomic E-state index is 12.5. The molecule has 116 valence electrons. The molecular formula is C17H18ClNOS2. The fourth-order valence-electron chi connectivity index (χ4n) is 2.31. The molecule has 1 amide bonds. The maximum atomic E-state index is 12.5. The van der Waals surface area contributed by atoms with Crippen molar-refractivity contribution in [3.63, 3.8) is 0 Å². The number of nitrogens with zero attached hydrogens (tertiary/aromatic N) is 1. The van der Waals surface area contributed by atoms with Crippen LogP contribution in [0.4, 0.5) is 0 Å². The Bertz CT molecular complexity index is 608. The highest BCUT2D eigenvalue weighted by Gasteiger charge is 2.32. The van der Waals surface area contributed by atoms with E-state index < -0.39 is 0 Å². The van der Waals surface area contributed by atoms with Gasteiger partial charge in [-0.1, -0.05) is 23.7 Å². The van der Waals surface area contributed by atoms with Gasteiger partial charge in [-0.2, -0.15) is 11.3 Å². The third-order valence-electron chi connectivity index (χ3n) is 3.65. The van der Waals surface area contributed by atoms with E-state index >= 15 is 0 Å². The topological polar surface area (TPSA) is 20.3 Å². The van der Waals surface area contributed by atoms with Crippen LogP contribution >= 0.6 is 34.7 Å². The standard InChI is InChI=1S/C17H18ClNOS2/c18-15-3-1-13(2-4-15)10-22-12-17(20)19(16-5-6-16)9-14-7-8-21-11-14/h1-4,7-8,11,16H,5-6,9-10,12H2. The van der Waals surface area contributed by atoms with Gasteiger partial charge in [0.05, 0.1) is 5.75 Å². The first kappa shape index (κ1) is 15.9. The van der Waals surface area contributed by atoms with Crippen LogP contribution in [0.2, 0.25) is 5.02 Å². The SMILES string of the molecule is O=C(CSCc1ccc(Cl)cc1)N(Cc1ccsc1)C1CC1. The lowest BCUT2D eigenvalue weighted by molar-refractivity contribution is -0.129. The lowest BCUT2D eigenvalue weighted by atomic mass is 10.2. The molecule has 1 aliphatic rings. The van der Waals surface area contributed by atoms with Crippen LogP contribution in [0.1, 0.15) is 24.0 Å². The first-order chi connectivity index (χ1) is 10.7. The van der Waals surface area contributed by atoms with Crippen LogP contribution < -0.4 is 0 Å². The van der Waals surface area contributed by atoms with Crippen LogP contribution in [0.15, 0.2) is 41.1 Å². The number of hydrogen-bond acceptors (Lipinski definition) is 3. The quantitative estimate of drug-likeness (QED) is 0.712. The Labute approximate surface area is 144 Å². The van der Waals surface area contributed by atoms with Crippen molar-refractivity contribution in [2.75, 3.05) is 5.75 Å². The van der Waals surface area contributed by atoms with E-state index in [0.29, 0.717) is 11.8 Å². The average Bonchev–Trinajstić information content (AvgIpc) is 3.23. The molecule has 1 aromatic heterocycles. The van der Waals surface area contributed by atoms with Crippen molar-refractivity contribution in [3.05, 3.63) is 57.2 Å². The van der Waals surface area contributed by atoms with Crippen LogP contribution in [0, 0.1) is 0 Å². The smallest absolute Gasteiger partial charge is 0.233 e. The summed E-state index contributed by atoms with van der Waals surface area (Å²) >= 11 is 9.24. The van der Waals surface area contributed by atoms with Gasteiger partial charge in [-0.25, -0.2) is 0 Å². The molecule has 2 aromatic rings. The molecule has 1 heterocycles. The number of rotatable bonds is 7. The molecule has 0 atom stereocenters. The summed E-state index contributed by atoms with van der Waals surface area (Å²) in [5.41, 5.74) is 2.45. The molecule has 0 N–H and O–H groups in total. The van der Waals surface area contributed by atoms with Gasteiger partial charge < -0.3 is 4.90 Å². The number of halogens is 1. The lowest BCUT2D eigenvalue weighted by Crippen LogP contribution is -2.33. The lowest BCUT2D eigenvalue weighted by Gasteiger charge is -2.22. The normalized spacial score (nSPS) is 14.0. The second-order valence-corrected chi connectivity index (χ2v) is 7.71. The Kier molecular flexibility index (Phi) is 5.45. The summed E-state index contributed by atoms with van der Waals surface area (Å²) in [6.45, 7) is 0.758. The highest BCUT2D eigenvalue weighted by Crippen LogP contribution is 2.29. The summed E-state index contributed by atoms with van der Waals surface area (Å²) in [6, 6.07) is 10.4. The molecule has 2 nitrogen and oxygen atoms in total. The molecule has 3 rings (SSSR count). The maximum Gasteiger partial charge on any atom is 0.233 e. The van der Waals surface area contributed by atoms with E-state index in [4.69, 9.17) is 11.6 Å². The van der Waals surface area contributed by atoms with E-state index in [9.17, 15) is 4.79 Å². The number of benzene rings is 1. The Balaban J connectivity index is 1.50. The number of hydrogen-bond donors (Lipinski definition) is 0. The first-order valence-corrected chi connectivity index (χ1v) is 9.82. The third-order valence-corrected chi connectivity index (χ3v) is 5.62. The number of thioether (sulfide) groups is 1. The molecule has 0 aliphatic heterocycles. The van der Waals surface area contributed by atoms with Crippen molar-refractivity contribution in [1.29, 1.82) is 0 Å². The number of thiophene rings is 1. The summed E-state index contributed by atoms with van der Waals surface area (Å²) in [5.74, 6) is 1.65. The van der Waals surface area contributed by atoms with Crippen molar-refractivity contribution in [1.82, 2.24) is 4.90 Å². The second-order valence-electron chi connectivity index (χ2n) is 5.50. The Morgan fingerprint density at radius 2 is 2.00 bits per heavy atom. The summed E-state index contributed by atoms with van der Waals surface area (Å²) < 4.78 is 0. The summed E-state index contributed by atoms with van der Waals surface area (Å²) in [4.78, 5) is 14.5. The van der Waals surface area contributed by atoms with Gasteiger partial charge in [0.15, 0.2) is 0 Å². The molecule has 0 saturated heterocycles. The minimum absolute atomic E-state index is 0.257. The van der Waals surface area contributed by atoms with Gasteiger partial charge in [-0.05, 0) is 52.9 Å². The van der Waals surface area contributed by atoms with E-state index in [0.717, 1.165) is 30.2 Å². The summed E-state index contributed by atoms with van der Waals surface area (Å²) in [5, 5.41) is 4.95. The van der Waals surface area contributed by atoms with Crippen molar-refractivity contribution in [2.45, 2.75) is 31.2 Å². The monoisotopic (exact) mass is 351 g/mol. The second kappa shape index (κ2) is 7.53. The van der Waals surface area contributed by atoms with Gasteiger partial charge in [0, 0.05) is 23.4 Å². The minimum atomic E-state index is 0.257. The highest BCUT2D eigenvalue weighted by atomic mass is 35.5. The minimum Gasteiger partial charge on any atom is -0.335 e. The highest BCUT2D eigenvalue weighted by molar-refractivity contribution is 7.99. The molecule has 1 fully saturated rings. The number of carbonyl (C=O) groups is 1. The van der Waals surface area contributed by atoms with Gasteiger partial charge in [0.25, 0.3) is 0 Å². The van der Waals surface area contributed by atoms with Crippen molar-refractivity contribution >= 4 is 40.6 Å². The summed E-state index contributed by atoms with van der Waals surface area (Å²) in [7, 11) is 0. The van der Waals surface area contributed by atoms with Crippen molar-refractivity contribution < 1.29 is 4.79 Å². The number of amides is 1. The molecule has 0 spiro atoms. The molecule has 22 heavy (non-hydrogen) atoms.